The van der Waals surface area contributed by atoms with Gasteiger partial charge in [-0.2, -0.15) is 0 Å². The Morgan fingerprint density at radius 3 is 2.86 bits per heavy atom. The summed E-state index contributed by atoms with van der Waals surface area (Å²) in [6, 6.07) is 3.87. The number of nitrogens with one attached hydrogen (secondary N) is 1. The molecule has 1 fully saturated rings. The van der Waals surface area contributed by atoms with Crippen LogP contribution in [0.3, 0.4) is 0 Å². The van der Waals surface area contributed by atoms with Crippen molar-refractivity contribution in [3.8, 4) is 0 Å². The molecular formula is C16H23FN2O2. The van der Waals surface area contributed by atoms with E-state index in [0.717, 1.165) is 37.7 Å². The van der Waals surface area contributed by atoms with Crippen LogP contribution in [0.5, 0.6) is 0 Å². The van der Waals surface area contributed by atoms with E-state index >= 15 is 0 Å². The second-order valence-corrected chi connectivity index (χ2v) is 5.93. The highest BCUT2D eigenvalue weighted by atomic mass is 19.1. The Hall–Kier alpha value is -1.65. The fourth-order valence-electron chi connectivity index (χ4n) is 3.18. The molecule has 0 saturated heterocycles. The van der Waals surface area contributed by atoms with Gasteiger partial charge in [0.25, 0.3) is 5.69 Å². The van der Waals surface area contributed by atoms with Crippen molar-refractivity contribution in [2.24, 2.45) is 5.92 Å². The number of anilines is 1. The lowest BCUT2D eigenvalue weighted by molar-refractivity contribution is -0.384. The van der Waals surface area contributed by atoms with Crippen molar-refractivity contribution in [2.45, 2.75) is 57.9 Å². The second-order valence-electron chi connectivity index (χ2n) is 5.93. The van der Waals surface area contributed by atoms with Crippen LogP contribution >= 0.6 is 0 Å². The van der Waals surface area contributed by atoms with Gasteiger partial charge in [0, 0.05) is 18.2 Å². The van der Waals surface area contributed by atoms with Gasteiger partial charge in [0.05, 0.1) is 10.6 Å². The third-order valence-electron chi connectivity index (χ3n) is 4.31. The van der Waals surface area contributed by atoms with Crippen LogP contribution in [0, 0.1) is 21.8 Å². The molecule has 116 valence electrons. The quantitative estimate of drug-likeness (QED) is 0.477. The number of hydrogen-bond acceptors (Lipinski definition) is 3. The first-order valence-electron chi connectivity index (χ1n) is 7.80. The summed E-state index contributed by atoms with van der Waals surface area (Å²) in [6.07, 6.45) is 8.01. The van der Waals surface area contributed by atoms with E-state index < -0.39 is 10.7 Å². The average molecular weight is 294 g/mol. The summed E-state index contributed by atoms with van der Waals surface area (Å²) >= 11 is 0. The molecular weight excluding hydrogens is 271 g/mol. The van der Waals surface area contributed by atoms with Gasteiger partial charge in [-0.3, -0.25) is 10.1 Å². The zero-order valence-corrected chi connectivity index (χ0v) is 12.5. The second kappa shape index (κ2) is 7.38. The average Bonchev–Trinajstić information content (AvgIpc) is 2.67. The summed E-state index contributed by atoms with van der Waals surface area (Å²) in [5.74, 6) is 0.353. The lowest BCUT2D eigenvalue weighted by atomic mass is 9.95. The molecule has 2 atom stereocenters. The molecule has 2 rings (SSSR count). The van der Waals surface area contributed by atoms with E-state index in [4.69, 9.17) is 0 Å². The van der Waals surface area contributed by atoms with Crippen LogP contribution in [0.15, 0.2) is 18.2 Å². The van der Waals surface area contributed by atoms with Gasteiger partial charge < -0.3 is 5.32 Å². The Labute approximate surface area is 124 Å². The fraction of sp³-hybridized carbons (Fsp3) is 0.625. The monoisotopic (exact) mass is 294 g/mol. The lowest BCUT2D eigenvalue weighted by Crippen LogP contribution is -2.19. The molecule has 0 spiro atoms. The first-order valence-corrected chi connectivity index (χ1v) is 7.80. The summed E-state index contributed by atoms with van der Waals surface area (Å²) < 4.78 is 13.8. The minimum absolute atomic E-state index is 0.0728. The largest absolute Gasteiger partial charge is 0.380 e. The summed E-state index contributed by atoms with van der Waals surface area (Å²) in [6.45, 7) is 2.21. The highest BCUT2D eigenvalue weighted by Crippen LogP contribution is 2.29. The smallest absolute Gasteiger partial charge is 0.271 e. The van der Waals surface area contributed by atoms with Crippen LogP contribution in [0.4, 0.5) is 15.8 Å². The number of halogens is 1. The van der Waals surface area contributed by atoms with Crippen molar-refractivity contribution in [1.82, 2.24) is 0 Å². The molecule has 21 heavy (non-hydrogen) atoms. The topological polar surface area (TPSA) is 55.2 Å². The predicted octanol–water partition coefficient (Wildman–Crippen LogP) is 4.89. The molecule has 0 radical (unpaired) electrons. The van der Waals surface area contributed by atoms with Gasteiger partial charge in [0.15, 0.2) is 0 Å². The number of nitrogens with zero attached hydrogens (tertiary/aromatic N) is 1. The van der Waals surface area contributed by atoms with Crippen LogP contribution in [-0.4, -0.2) is 11.0 Å². The standard InChI is InChI=1S/C16H23FN2O2/c1-2-4-12-5-3-6-13(8-7-12)18-16-11-14(19(20)21)9-10-15(16)17/h9-13,18H,2-8H2,1H3. The van der Waals surface area contributed by atoms with E-state index in [1.54, 1.807) is 0 Å². The summed E-state index contributed by atoms with van der Waals surface area (Å²) in [7, 11) is 0. The molecule has 1 aromatic rings. The van der Waals surface area contributed by atoms with Crippen molar-refractivity contribution in [1.29, 1.82) is 0 Å². The highest BCUT2D eigenvalue weighted by Gasteiger charge is 2.20. The van der Waals surface area contributed by atoms with Gasteiger partial charge in [-0.05, 0) is 31.2 Å². The number of nitro groups is 1. The molecule has 1 saturated carbocycles. The van der Waals surface area contributed by atoms with Crippen LogP contribution in [-0.2, 0) is 0 Å². The maximum atomic E-state index is 13.8. The number of non-ortho nitro benzene ring substituents is 1. The minimum atomic E-state index is -0.491. The molecule has 1 aliphatic carbocycles. The molecule has 0 bridgehead atoms. The van der Waals surface area contributed by atoms with Crippen molar-refractivity contribution in [3.63, 3.8) is 0 Å². The molecule has 0 heterocycles. The lowest BCUT2D eigenvalue weighted by Gasteiger charge is -2.18. The first-order chi connectivity index (χ1) is 10.1. The van der Waals surface area contributed by atoms with Gasteiger partial charge in [-0.25, -0.2) is 4.39 Å². The summed E-state index contributed by atoms with van der Waals surface area (Å²) in [4.78, 5) is 10.3. The van der Waals surface area contributed by atoms with E-state index in [2.05, 4.69) is 12.2 Å². The van der Waals surface area contributed by atoms with Crippen molar-refractivity contribution < 1.29 is 9.31 Å². The van der Waals surface area contributed by atoms with Crippen LogP contribution in [0.2, 0.25) is 0 Å². The number of benzene rings is 1. The molecule has 1 aromatic carbocycles. The summed E-state index contributed by atoms with van der Waals surface area (Å²) in [5, 5.41) is 13.9. The summed E-state index contributed by atoms with van der Waals surface area (Å²) in [5.41, 5.74) is 0.180. The third kappa shape index (κ3) is 4.41. The Kier molecular flexibility index (Phi) is 5.53. The van der Waals surface area contributed by atoms with E-state index in [0.29, 0.717) is 0 Å². The maximum Gasteiger partial charge on any atom is 0.271 e. The van der Waals surface area contributed by atoms with Crippen LogP contribution in [0.25, 0.3) is 0 Å². The Bertz CT molecular complexity index is 493. The molecule has 5 heteroatoms. The molecule has 1 aliphatic rings. The van der Waals surface area contributed by atoms with Gasteiger partial charge in [-0.15, -0.1) is 0 Å². The predicted molar refractivity (Wildman–Crippen MR) is 81.9 cm³/mol. The van der Waals surface area contributed by atoms with Crippen molar-refractivity contribution in [2.75, 3.05) is 5.32 Å². The van der Waals surface area contributed by atoms with E-state index in [-0.39, 0.29) is 17.4 Å². The van der Waals surface area contributed by atoms with Gasteiger partial charge in [0.2, 0.25) is 0 Å². The molecule has 4 nitrogen and oxygen atoms in total. The van der Waals surface area contributed by atoms with Crippen LogP contribution < -0.4 is 5.32 Å². The zero-order chi connectivity index (χ0) is 15.2. The zero-order valence-electron chi connectivity index (χ0n) is 12.5. The van der Waals surface area contributed by atoms with Gasteiger partial charge in [0.1, 0.15) is 5.82 Å². The van der Waals surface area contributed by atoms with E-state index in [9.17, 15) is 14.5 Å². The fourth-order valence-corrected chi connectivity index (χ4v) is 3.18. The molecule has 0 amide bonds. The molecule has 0 aromatic heterocycles. The van der Waals surface area contributed by atoms with E-state index in [1.165, 1.54) is 31.4 Å². The molecule has 0 aliphatic heterocycles. The van der Waals surface area contributed by atoms with Crippen molar-refractivity contribution in [3.05, 3.63) is 34.1 Å². The van der Waals surface area contributed by atoms with Gasteiger partial charge >= 0.3 is 0 Å². The third-order valence-corrected chi connectivity index (χ3v) is 4.31. The van der Waals surface area contributed by atoms with Crippen LogP contribution in [0.1, 0.15) is 51.9 Å². The first kappa shape index (κ1) is 15.7. The molecule has 2 unspecified atom stereocenters. The molecule has 1 N–H and O–H groups in total. The number of nitro benzene ring substituents is 1. The highest BCUT2D eigenvalue weighted by molar-refractivity contribution is 5.52. The minimum Gasteiger partial charge on any atom is -0.380 e. The normalized spacial score (nSPS) is 22.6. The SMILES string of the molecule is CCCC1CCCC(Nc2cc([N+](=O)[O-])ccc2F)CC1. The Morgan fingerprint density at radius 1 is 1.33 bits per heavy atom. The van der Waals surface area contributed by atoms with Crippen molar-refractivity contribution >= 4 is 11.4 Å². The van der Waals surface area contributed by atoms with E-state index in [1.807, 2.05) is 0 Å². The number of rotatable bonds is 5. The maximum absolute atomic E-state index is 13.8. The Balaban J connectivity index is 2.01. The number of hydrogen-bond donors (Lipinski definition) is 1. The Morgan fingerprint density at radius 2 is 2.14 bits per heavy atom. The van der Waals surface area contributed by atoms with Gasteiger partial charge in [-0.1, -0.05) is 32.6 Å².